The number of hydrogen-bond donors (Lipinski definition) is 2. The number of phenolic OH excluding ortho intramolecular Hbond substituents is 1. The maximum atomic E-state index is 12.7. The first-order valence-corrected chi connectivity index (χ1v) is 10.6. The molecule has 0 unspecified atom stereocenters. The van der Waals surface area contributed by atoms with Gasteiger partial charge in [-0.3, -0.25) is 9.59 Å². The minimum absolute atomic E-state index is 0.0826. The number of rotatable bonds is 7. The number of phenols is 1. The van der Waals surface area contributed by atoms with E-state index < -0.39 is 0 Å². The molecule has 1 fully saturated rings. The number of halogens is 1. The summed E-state index contributed by atoms with van der Waals surface area (Å²) in [4.78, 5) is 25.8. The Morgan fingerprint density at radius 3 is 2.57 bits per heavy atom. The zero-order valence-corrected chi connectivity index (χ0v) is 17.7. The molecule has 1 saturated heterocycles. The summed E-state index contributed by atoms with van der Waals surface area (Å²) >= 11 is 6.32. The third-order valence-electron chi connectivity index (χ3n) is 5.58. The highest BCUT2D eigenvalue weighted by Crippen LogP contribution is 2.34. The molecule has 2 aromatic carbocycles. The van der Waals surface area contributed by atoms with Crippen LogP contribution in [0.15, 0.2) is 55.1 Å². The van der Waals surface area contributed by atoms with Gasteiger partial charge < -0.3 is 15.3 Å². The summed E-state index contributed by atoms with van der Waals surface area (Å²) < 4.78 is 0. The quantitative estimate of drug-likeness (QED) is 0.652. The predicted octanol–water partition coefficient (Wildman–Crippen LogP) is 4.19. The van der Waals surface area contributed by atoms with E-state index in [2.05, 4.69) is 11.9 Å². The Morgan fingerprint density at radius 2 is 1.90 bits per heavy atom. The molecular weight excluding hydrogens is 400 g/mol. The SMILES string of the molecule is C=CC(=O)NCC1CCN(C(=O)CCc2cc(-c3ccccc3)c(Cl)cc2O)CC1. The van der Waals surface area contributed by atoms with Gasteiger partial charge in [-0.2, -0.15) is 0 Å². The number of nitrogens with zero attached hydrogens (tertiary/aromatic N) is 1. The molecule has 0 bridgehead atoms. The number of aromatic hydroxyl groups is 1. The van der Waals surface area contributed by atoms with Gasteiger partial charge in [-0.05, 0) is 54.5 Å². The van der Waals surface area contributed by atoms with Crippen LogP contribution in [0.4, 0.5) is 0 Å². The van der Waals surface area contributed by atoms with Gasteiger partial charge in [0.2, 0.25) is 11.8 Å². The fourth-order valence-corrected chi connectivity index (χ4v) is 4.02. The molecule has 0 saturated carbocycles. The fraction of sp³-hybridized carbons (Fsp3) is 0.333. The number of nitrogens with one attached hydrogen (secondary N) is 1. The lowest BCUT2D eigenvalue weighted by atomic mass is 9.96. The smallest absolute Gasteiger partial charge is 0.243 e. The lowest BCUT2D eigenvalue weighted by Crippen LogP contribution is -2.41. The summed E-state index contributed by atoms with van der Waals surface area (Å²) in [5.74, 6) is 0.418. The Morgan fingerprint density at radius 1 is 1.20 bits per heavy atom. The zero-order valence-electron chi connectivity index (χ0n) is 16.9. The van der Waals surface area contributed by atoms with Gasteiger partial charge in [-0.15, -0.1) is 0 Å². The summed E-state index contributed by atoms with van der Waals surface area (Å²) in [6.45, 7) is 5.45. The highest BCUT2D eigenvalue weighted by molar-refractivity contribution is 6.33. The zero-order chi connectivity index (χ0) is 21.5. The van der Waals surface area contributed by atoms with E-state index in [4.69, 9.17) is 11.6 Å². The molecule has 0 aliphatic carbocycles. The summed E-state index contributed by atoms with van der Waals surface area (Å²) in [6, 6.07) is 13.2. The number of benzene rings is 2. The highest BCUT2D eigenvalue weighted by atomic mass is 35.5. The van der Waals surface area contributed by atoms with Crippen molar-refractivity contribution in [2.45, 2.75) is 25.7 Å². The number of hydrogen-bond acceptors (Lipinski definition) is 3. The van der Waals surface area contributed by atoms with E-state index in [0.717, 1.165) is 24.0 Å². The summed E-state index contributed by atoms with van der Waals surface area (Å²) in [6.07, 6.45) is 3.80. The number of amides is 2. The number of carbonyl (C=O) groups is 2. The van der Waals surface area contributed by atoms with Gasteiger partial charge in [0.25, 0.3) is 0 Å². The van der Waals surface area contributed by atoms with Crippen LogP contribution >= 0.6 is 11.6 Å². The molecule has 1 heterocycles. The maximum Gasteiger partial charge on any atom is 0.243 e. The topological polar surface area (TPSA) is 69.6 Å². The average Bonchev–Trinajstić information content (AvgIpc) is 2.77. The van der Waals surface area contributed by atoms with Crippen LogP contribution in [-0.2, 0) is 16.0 Å². The van der Waals surface area contributed by atoms with Crippen molar-refractivity contribution in [3.63, 3.8) is 0 Å². The van der Waals surface area contributed by atoms with E-state index in [9.17, 15) is 14.7 Å². The molecule has 2 amide bonds. The molecule has 158 valence electrons. The third kappa shape index (κ3) is 5.63. The molecule has 0 radical (unpaired) electrons. The van der Waals surface area contributed by atoms with Crippen molar-refractivity contribution in [3.8, 4) is 16.9 Å². The predicted molar refractivity (Wildman–Crippen MR) is 119 cm³/mol. The first-order valence-electron chi connectivity index (χ1n) is 10.2. The maximum absolute atomic E-state index is 12.7. The monoisotopic (exact) mass is 426 g/mol. The Hall–Kier alpha value is -2.79. The van der Waals surface area contributed by atoms with Crippen LogP contribution in [0, 0.1) is 5.92 Å². The number of piperidine rings is 1. The molecule has 0 atom stereocenters. The van der Waals surface area contributed by atoms with Crippen LogP contribution in [0.5, 0.6) is 5.75 Å². The van der Waals surface area contributed by atoms with Gasteiger partial charge in [0.1, 0.15) is 5.75 Å². The van der Waals surface area contributed by atoms with Crippen LogP contribution in [0.25, 0.3) is 11.1 Å². The Kier molecular flexibility index (Phi) is 7.52. The Labute approximate surface area is 182 Å². The molecule has 2 N–H and O–H groups in total. The van der Waals surface area contributed by atoms with Gasteiger partial charge >= 0.3 is 0 Å². The molecule has 6 heteroatoms. The second kappa shape index (κ2) is 10.3. The molecular formula is C24H27ClN2O3. The van der Waals surface area contributed by atoms with Crippen molar-refractivity contribution >= 4 is 23.4 Å². The number of aryl methyl sites for hydroxylation is 1. The van der Waals surface area contributed by atoms with Crippen LogP contribution in [0.3, 0.4) is 0 Å². The Bertz CT molecular complexity index is 906. The van der Waals surface area contributed by atoms with E-state index in [1.54, 1.807) is 6.07 Å². The standard InChI is InChI=1S/C24H27ClN2O3/c1-2-23(29)26-16-17-10-12-27(13-11-17)24(30)9-8-19-14-20(21(25)15-22(19)28)18-6-4-3-5-7-18/h2-7,14-15,17,28H,1,8-13,16H2,(H,26,29). The van der Waals surface area contributed by atoms with E-state index in [-0.39, 0.29) is 17.6 Å². The minimum Gasteiger partial charge on any atom is -0.508 e. The summed E-state index contributed by atoms with van der Waals surface area (Å²) in [5, 5.41) is 13.6. The van der Waals surface area contributed by atoms with E-state index in [1.807, 2.05) is 41.3 Å². The second-order valence-corrected chi connectivity index (χ2v) is 8.01. The first kappa shape index (κ1) is 21.9. The molecule has 5 nitrogen and oxygen atoms in total. The van der Waals surface area contributed by atoms with Crippen LogP contribution in [-0.4, -0.2) is 41.5 Å². The van der Waals surface area contributed by atoms with Gasteiger partial charge in [0.15, 0.2) is 0 Å². The van der Waals surface area contributed by atoms with Crippen molar-refractivity contribution in [3.05, 3.63) is 65.7 Å². The largest absolute Gasteiger partial charge is 0.508 e. The van der Waals surface area contributed by atoms with Gasteiger partial charge in [-0.25, -0.2) is 0 Å². The minimum atomic E-state index is -0.161. The molecule has 2 aromatic rings. The van der Waals surface area contributed by atoms with Crippen molar-refractivity contribution in [2.24, 2.45) is 5.92 Å². The second-order valence-electron chi connectivity index (χ2n) is 7.60. The molecule has 1 aliphatic rings. The number of carbonyl (C=O) groups excluding carboxylic acids is 2. The molecule has 1 aliphatic heterocycles. The van der Waals surface area contributed by atoms with E-state index in [1.165, 1.54) is 6.08 Å². The highest BCUT2D eigenvalue weighted by Gasteiger charge is 2.23. The number of likely N-dealkylation sites (tertiary alicyclic amines) is 1. The van der Waals surface area contributed by atoms with E-state index >= 15 is 0 Å². The first-order chi connectivity index (χ1) is 14.5. The fourth-order valence-electron chi connectivity index (χ4n) is 3.75. The lowest BCUT2D eigenvalue weighted by molar-refractivity contribution is -0.132. The normalized spacial score (nSPS) is 14.4. The average molecular weight is 427 g/mol. The van der Waals surface area contributed by atoms with Crippen LogP contribution in [0.1, 0.15) is 24.8 Å². The third-order valence-corrected chi connectivity index (χ3v) is 5.89. The van der Waals surface area contributed by atoms with Gasteiger partial charge in [-0.1, -0.05) is 48.5 Å². The van der Waals surface area contributed by atoms with Crippen molar-refractivity contribution < 1.29 is 14.7 Å². The summed E-state index contributed by atoms with van der Waals surface area (Å²) in [5.41, 5.74) is 2.54. The van der Waals surface area contributed by atoms with Crippen molar-refractivity contribution in [1.82, 2.24) is 10.2 Å². The van der Waals surface area contributed by atoms with Crippen LogP contribution < -0.4 is 5.32 Å². The molecule has 0 spiro atoms. The molecule has 30 heavy (non-hydrogen) atoms. The molecule has 3 rings (SSSR count). The lowest BCUT2D eigenvalue weighted by Gasteiger charge is -2.32. The molecule has 0 aromatic heterocycles. The van der Waals surface area contributed by atoms with Gasteiger partial charge in [0, 0.05) is 31.6 Å². The van der Waals surface area contributed by atoms with Crippen LogP contribution in [0.2, 0.25) is 5.02 Å². The van der Waals surface area contributed by atoms with Crippen molar-refractivity contribution in [2.75, 3.05) is 19.6 Å². The van der Waals surface area contributed by atoms with E-state index in [0.29, 0.717) is 49.0 Å². The summed E-state index contributed by atoms with van der Waals surface area (Å²) in [7, 11) is 0. The Balaban J connectivity index is 1.55. The van der Waals surface area contributed by atoms with Crippen molar-refractivity contribution in [1.29, 1.82) is 0 Å². The van der Waals surface area contributed by atoms with Gasteiger partial charge in [0.05, 0.1) is 5.02 Å².